The average molecular weight is 482 g/mol. The Bertz CT molecular complexity index is 688. The molecule has 0 saturated carbocycles. The molecule has 4 nitrogen and oxygen atoms in total. The molecule has 0 aliphatic carbocycles. The summed E-state index contributed by atoms with van der Waals surface area (Å²) >= 11 is 0. The van der Waals surface area contributed by atoms with Crippen molar-refractivity contribution in [1.29, 1.82) is 0 Å². The van der Waals surface area contributed by atoms with Gasteiger partial charge in [-0.2, -0.15) is 0 Å². The minimum absolute atomic E-state index is 0.269. The van der Waals surface area contributed by atoms with Crippen LogP contribution in [0.3, 0.4) is 0 Å². The van der Waals surface area contributed by atoms with Gasteiger partial charge in [0.2, 0.25) is 0 Å². The molecule has 1 aromatic carbocycles. The van der Waals surface area contributed by atoms with Gasteiger partial charge < -0.3 is 9.04 Å². The highest BCUT2D eigenvalue weighted by Gasteiger charge is 2.29. The van der Waals surface area contributed by atoms with E-state index >= 15 is 0 Å². The van der Waals surface area contributed by atoms with Crippen molar-refractivity contribution < 1.29 is 17.5 Å². The molecule has 1 unspecified atom stereocenters. The Morgan fingerprint density at radius 2 is 1.18 bits per heavy atom. The van der Waals surface area contributed by atoms with Crippen LogP contribution in [0.2, 0.25) is 0 Å². The van der Waals surface area contributed by atoms with Crippen LogP contribution >= 0.6 is 0 Å². The molecule has 0 aliphatic heterocycles. The van der Waals surface area contributed by atoms with Crippen LogP contribution in [0.25, 0.3) is 0 Å². The lowest BCUT2D eigenvalue weighted by Crippen LogP contribution is -2.44. The van der Waals surface area contributed by atoms with E-state index in [4.69, 9.17) is 0 Å². The van der Waals surface area contributed by atoms with E-state index in [0.29, 0.717) is 19.0 Å². The van der Waals surface area contributed by atoms with Crippen molar-refractivity contribution in [2.45, 2.75) is 116 Å². The fraction of sp³-hybridized carbons (Fsp3) is 0.786. The van der Waals surface area contributed by atoms with Crippen molar-refractivity contribution in [2.24, 2.45) is 0 Å². The Balaban J connectivity index is 2.26. The highest BCUT2D eigenvalue weighted by molar-refractivity contribution is 7.85. The van der Waals surface area contributed by atoms with Gasteiger partial charge in [-0.25, -0.2) is 8.42 Å². The van der Waals surface area contributed by atoms with Crippen molar-refractivity contribution >= 4 is 10.1 Å². The van der Waals surface area contributed by atoms with Crippen LogP contribution < -0.4 is 0 Å². The zero-order valence-electron chi connectivity index (χ0n) is 21.8. The van der Waals surface area contributed by atoms with Gasteiger partial charge in [-0.1, -0.05) is 121 Å². The maximum Gasteiger partial charge on any atom is 0.114 e. The van der Waals surface area contributed by atoms with E-state index in [0.717, 1.165) is 10.9 Å². The van der Waals surface area contributed by atoms with Crippen molar-refractivity contribution in [2.75, 3.05) is 26.4 Å². The first kappa shape index (κ1) is 30.1. The number of unbranched alkanes of at least 4 members (excludes halogenated alkanes) is 13. The molecule has 1 aromatic rings. The maximum atomic E-state index is 11.0. The first-order chi connectivity index (χ1) is 15.8. The number of hydrogen-bond acceptors (Lipinski definition) is 3. The van der Waals surface area contributed by atoms with Crippen LogP contribution in [0, 0.1) is 0 Å². The lowest BCUT2D eigenvalue weighted by molar-refractivity contribution is -0.921. The number of quaternary nitrogens is 1. The molecule has 0 saturated heterocycles. The number of nitrogens with zero attached hydrogens (tertiary/aromatic N) is 1. The molecule has 0 aromatic heterocycles. The Labute approximate surface area is 205 Å². The Morgan fingerprint density at radius 1 is 0.727 bits per heavy atom. The summed E-state index contributed by atoms with van der Waals surface area (Å²) in [6.07, 6.45) is 20.6. The summed E-state index contributed by atoms with van der Waals surface area (Å²) in [4.78, 5) is 0. The van der Waals surface area contributed by atoms with Crippen LogP contribution in [-0.4, -0.2) is 43.8 Å². The number of benzene rings is 1. The smallest absolute Gasteiger partial charge is 0.114 e. The van der Waals surface area contributed by atoms with Crippen molar-refractivity contribution in [3.05, 3.63) is 35.9 Å². The fourth-order valence-electron chi connectivity index (χ4n) is 4.93. The minimum Gasteiger partial charge on any atom is -0.748 e. The average Bonchev–Trinajstić information content (AvgIpc) is 2.76. The van der Waals surface area contributed by atoms with Gasteiger partial charge in [0.25, 0.3) is 0 Å². The van der Waals surface area contributed by atoms with E-state index < -0.39 is 10.1 Å². The second-order valence-electron chi connectivity index (χ2n) is 10.4. The Hall–Kier alpha value is -0.910. The van der Waals surface area contributed by atoms with Crippen LogP contribution in [0.1, 0.15) is 121 Å². The first-order valence-corrected chi connectivity index (χ1v) is 15.1. The van der Waals surface area contributed by atoms with Gasteiger partial charge in [-0.05, 0) is 6.42 Å². The molecule has 1 atom stereocenters. The fourth-order valence-corrected chi connectivity index (χ4v) is 5.41. The first-order valence-electron chi connectivity index (χ1n) is 13.6. The second kappa shape index (κ2) is 17.5. The highest BCUT2D eigenvalue weighted by Crippen LogP contribution is 2.31. The molecular formula is C28H51NO3S. The summed E-state index contributed by atoms with van der Waals surface area (Å²) in [5.41, 5.74) is 1.31. The van der Waals surface area contributed by atoms with E-state index in [1.165, 1.54) is 95.5 Å². The van der Waals surface area contributed by atoms with Gasteiger partial charge in [0.05, 0.1) is 30.8 Å². The predicted octanol–water partition coefficient (Wildman–Crippen LogP) is 7.61. The summed E-state index contributed by atoms with van der Waals surface area (Å²) in [6.45, 7) is 2.97. The molecule has 0 N–H and O–H groups in total. The normalized spacial score (nSPS) is 13.3. The topological polar surface area (TPSA) is 57.2 Å². The van der Waals surface area contributed by atoms with E-state index in [2.05, 4.69) is 45.3 Å². The largest absolute Gasteiger partial charge is 0.748 e. The maximum absolute atomic E-state index is 11.0. The van der Waals surface area contributed by atoms with Gasteiger partial charge >= 0.3 is 0 Å². The molecule has 33 heavy (non-hydrogen) atoms. The van der Waals surface area contributed by atoms with Gasteiger partial charge in [-0.15, -0.1) is 0 Å². The summed E-state index contributed by atoms with van der Waals surface area (Å²) in [6, 6.07) is 10.9. The summed E-state index contributed by atoms with van der Waals surface area (Å²) in [5.74, 6) is -0.269. The lowest BCUT2D eigenvalue weighted by Gasteiger charge is -2.39. The quantitative estimate of drug-likeness (QED) is 0.103. The molecule has 192 valence electrons. The standard InChI is InChI=1S/C28H51NO3S/c1-4-5-6-7-8-9-10-11-12-13-14-15-16-20-24-28(27-22-18-17-19-23-27)29(2,3)25-21-26-33(30,31)32/h17-19,22-23,28H,4-16,20-21,24-26H2,1-3H3. The highest BCUT2D eigenvalue weighted by atomic mass is 32.2. The molecule has 0 radical (unpaired) electrons. The van der Waals surface area contributed by atoms with Crippen LogP contribution in [-0.2, 0) is 10.1 Å². The number of hydrogen-bond donors (Lipinski definition) is 0. The molecule has 1 rings (SSSR count). The third kappa shape index (κ3) is 15.6. The predicted molar refractivity (Wildman–Crippen MR) is 140 cm³/mol. The van der Waals surface area contributed by atoms with Gasteiger partial charge in [-0.3, -0.25) is 0 Å². The Morgan fingerprint density at radius 3 is 1.64 bits per heavy atom. The van der Waals surface area contributed by atoms with Crippen molar-refractivity contribution in [3.8, 4) is 0 Å². The molecular weight excluding hydrogens is 430 g/mol. The summed E-state index contributed by atoms with van der Waals surface area (Å²) in [5, 5.41) is 0. The van der Waals surface area contributed by atoms with Crippen LogP contribution in [0.4, 0.5) is 0 Å². The molecule has 0 bridgehead atoms. The molecule has 0 spiro atoms. The van der Waals surface area contributed by atoms with E-state index in [9.17, 15) is 13.0 Å². The third-order valence-corrected chi connectivity index (χ3v) is 7.78. The van der Waals surface area contributed by atoms with Gasteiger partial charge in [0, 0.05) is 24.2 Å². The van der Waals surface area contributed by atoms with Crippen LogP contribution in [0.15, 0.2) is 30.3 Å². The minimum atomic E-state index is -4.14. The summed E-state index contributed by atoms with van der Waals surface area (Å²) in [7, 11) is 0.192. The second-order valence-corrected chi connectivity index (χ2v) is 12.0. The molecule has 0 aliphatic rings. The lowest BCUT2D eigenvalue weighted by atomic mass is 9.96. The zero-order valence-corrected chi connectivity index (χ0v) is 22.6. The zero-order chi connectivity index (χ0) is 24.4. The Kier molecular flexibility index (Phi) is 16.0. The molecule has 0 fully saturated rings. The van der Waals surface area contributed by atoms with Crippen molar-refractivity contribution in [1.82, 2.24) is 0 Å². The van der Waals surface area contributed by atoms with E-state index in [-0.39, 0.29) is 5.75 Å². The van der Waals surface area contributed by atoms with Gasteiger partial charge in [0.15, 0.2) is 0 Å². The van der Waals surface area contributed by atoms with E-state index in [1.54, 1.807) is 0 Å². The third-order valence-electron chi connectivity index (χ3n) is 6.99. The monoisotopic (exact) mass is 481 g/mol. The molecule has 0 heterocycles. The molecule has 5 heteroatoms. The molecule has 0 amide bonds. The number of rotatable bonds is 21. The van der Waals surface area contributed by atoms with Crippen LogP contribution in [0.5, 0.6) is 0 Å². The van der Waals surface area contributed by atoms with Gasteiger partial charge in [0.1, 0.15) is 6.04 Å². The van der Waals surface area contributed by atoms with E-state index in [1.807, 2.05) is 6.07 Å². The SMILES string of the molecule is CCCCCCCCCCCCCCCCC(c1ccccc1)[N+](C)(C)CCCS(=O)(=O)[O-]. The summed E-state index contributed by atoms with van der Waals surface area (Å²) < 4.78 is 33.8. The van der Waals surface area contributed by atoms with Crippen molar-refractivity contribution in [3.63, 3.8) is 0 Å².